The molecule has 4 rings (SSSR count). The molecule has 0 unspecified atom stereocenters. The number of rotatable bonds is 4. The zero-order valence-electron chi connectivity index (χ0n) is 19.6. The lowest BCUT2D eigenvalue weighted by molar-refractivity contribution is 0.0698. The predicted octanol–water partition coefficient (Wildman–Crippen LogP) is 4.38. The molecular weight excluding hydrogens is 416 g/mol. The molecule has 0 aliphatic carbocycles. The molecule has 2 heterocycles. The number of piperidine rings is 1. The van der Waals surface area contributed by atoms with Crippen molar-refractivity contribution < 1.29 is 14.1 Å². The molecule has 0 atom stereocenters. The Bertz CT molecular complexity index is 1140. The molecule has 2 aromatic carbocycles. The molecule has 0 spiro atoms. The Morgan fingerprint density at radius 3 is 2.33 bits per heavy atom. The average Bonchev–Trinajstić information content (AvgIpc) is 3.31. The first-order valence-corrected chi connectivity index (χ1v) is 11.3. The summed E-state index contributed by atoms with van der Waals surface area (Å²) in [6.07, 6.45) is 1.42. The van der Waals surface area contributed by atoms with Crippen LogP contribution in [-0.2, 0) is 5.41 Å². The highest BCUT2D eigenvalue weighted by Gasteiger charge is 2.27. The van der Waals surface area contributed by atoms with E-state index in [0.29, 0.717) is 54.3 Å². The molecule has 1 aliphatic rings. The summed E-state index contributed by atoms with van der Waals surface area (Å²) in [5, 5.41) is 7.20. The van der Waals surface area contributed by atoms with Gasteiger partial charge in [0.1, 0.15) is 0 Å². The lowest BCUT2D eigenvalue weighted by Gasteiger charge is -2.32. The quantitative estimate of drug-likeness (QED) is 0.643. The summed E-state index contributed by atoms with van der Waals surface area (Å²) in [6.45, 7) is 9.25. The van der Waals surface area contributed by atoms with Crippen molar-refractivity contribution in [1.29, 1.82) is 0 Å². The van der Waals surface area contributed by atoms with Crippen LogP contribution in [0.2, 0.25) is 0 Å². The Kier molecular flexibility index (Phi) is 6.31. The number of aromatic nitrogens is 2. The van der Waals surface area contributed by atoms with Gasteiger partial charge in [0, 0.05) is 30.1 Å². The van der Waals surface area contributed by atoms with Crippen LogP contribution in [0.15, 0.2) is 53.1 Å². The van der Waals surface area contributed by atoms with E-state index in [1.54, 1.807) is 6.07 Å². The number of hydrogen-bond donors (Lipinski definition) is 1. The van der Waals surface area contributed by atoms with E-state index in [0.717, 1.165) is 5.56 Å². The molecule has 2 amide bonds. The summed E-state index contributed by atoms with van der Waals surface area (Å²) < 4.78 is 5.46. The van der Waals surface area contributed by atoms with E-state index >= 15 is 0 Å². The monoisotopic (exact) mass is 446 g/mol. The van der Waals surface area contributed by atoms with Crippen LogP contribution in [0.5, 0.6) is 0 Å². The van der Waals surface area contributed by atoms with E-state index in [2.05, 4.69) is 15.5 Å². The van der Waals surface area contributed by atoms with Crippen LogP contribution < -0.4 is 5.32 Å². The van der Waals surface area contributed by atoms with Gasteiger partial charge in [0.15, 0.2) is 5.82 Å². The molecule has 1 fully saturated rings. The van der Waals surface area contributed by atoms with Gasteiger partial charge in [-0.15, -0.1) is 0 Å². The maximum Gasteiger partial charge on any atom is 0.258 e. The molecule has 7 nitrogen and oxygen atoms in total. The van der Waals surface area contributed by atoms with Crippen molar-refractivity contribution in [2.45, 2.75) is 52.0 Å². The molecule has 0 radical (unpaired) electrons. The highest BCUT2D eigenvalue weighted by molar-refractivity contribution is 6.00. The van der Waals surface area contributed by atoms with E-state index in [1.165, 1.54) is 0 Å². The largest absolute Gasteiger partial charge is 0.349 e. The molecule has 172 valence electrons. The molecule has 33 heavy (non-hydrogen) atoms. The number of amides is 2. The Morgan fingerprint density at radius 2 is 1.70 bits per heavy atom. The summed E-state index contributed by atoms with van der Waals surface area (Å²) in [4.78, 5) is 32.2. The van der Waals surface area contributed by atoms with Gasteiger partial charge in [-0.3, -0.25) is 9.59 Å². The first kappa shape index (κ1) is 22.7. The zero-order chi connectivity index (χ0) is 23.6. The minimum atomic E-state index is -0.247. The second kappa shape index (κ2) is 9.17. The van der Waals surface area contributed by atoms with Gasteiger partial charge in [0.25, 0.3) is 17.7 Å². The van der Waals surface area contributed by atoms with Gasteiger partial charge in [0.05, 0.1) is 11.1 Å². The smallest absolute Gasteiger partial charge is 0.258 e. The topological polar surface area (TPSA) is 88.3 Å². The number of nitrogens with zero attached hydrogens (tertiary/aromatic N) is 3. The fourth-order valence-corrected chi connectivity index (χ4v) is 3.87. The minimum absolute atomic E-state index is 0.000412. The molecule has 1 saturated heterocycles. The van der Waals surface area contributed by atoms with E-state index in [1.807, 2.05) is 75.1 Å². The lowest BCUT2D eigenvalue weighted by Crippen LogP contribution is -2.46. The second-order valence-electron chi connectivity index (χ2n) is 9.62. The van der Waals surface area contributed by atoms with Crippen LogP contribution in [0, 0.1) is 6.92 Å². The second-order valence-corrected chi connectivity index (χ2v) is 9.62. The van der Waals surface area contributed by atoms with Crippen LogP contribution in [0.3, 0.4) is 0 Å². The zero-order valence-corrected chi connectivity index (χ0v) is 19.6. The van der Waals surface area contributed by atoms with Crippen molar-refractivity contribution in [3.63, 3.8) is 0 Å². The fourth-order valence-electron chi connectivity index (χ4n) is 3.87. The van der Waals surface area contributed by atoms with E-state index < -0.39 is 0 Å². The van der Waals surface area contributed by atoms with Crippen LogP contribution in [-0.4, -0.2) is 46.0 Å². The summed E-state index contributed by atoms with van der Waals surface area (Å²) in [5.74, 6) is 0.795. The third kappa shape index (κ3) is 5.13. The van der Waals surface area contributed by atoms with Gasteiger partial charge in [-0.2, -0.15) is 4.98 Å². The number of benzene rings is 2. The molecule has 0 saturated carbocycles. The van der Waals surface area contributed by atoms with E-state index in [9.17, 15) is 9.59 Å². The normalized spacial score (nSPS) is 14.8. The molecule has 1 aromatic heterocycles. The van der Waals surface area contributed by atoms with E-state index in [4.69, 9.17) is 4.52 Å². The molecule has 3 aromatic rings. The van der Waals surface area contributed by atoms with Gasteiger partial charge in [0.2, 0.25) is 0 Å². The standard InChI is InChI=1S/C26H30N4O3/c1-17-9-11-18(12-10-17)24(32)30-15-13-19(14-16-30)27-22(31)20-7-5-6-8-21(20)23-28-25(29-33-23)26(2,3)4/h5-12,19H,13-16H2,1-4H3,(H,27,31). The first-order valence-electron chi connectivity index (χ1n) is 11.3. The van der Waals surface area contributed by atoms with Crippen LogP contribution >= 0.6 is 0 Å². The van der Waals surface area contributed by atoms with E-state index in [-0.39, 0.29) is 23.3 Å². The van der Waals surface area contributed by atoms with Crippen molar-refractivity contribution in [3.05, 3.63) is 71.0 Å². The first-order chi connectivity index (χ1) is 15.7. The summed E-state index contributed by atoms with van der Waals surface area (Å²) in [5.41, 5.74) is 2.70. The molecular formula is C26H30N4O3. The molecule has 1 N–H and O–H groups in total. The van der Waals surface area contributed by atoms with Crippen LogP contribution in [0.4, 0.5) is 0 Å². The Hall–Kier alpha value is -3.48. The van der Waals surface area contributed by atoms with Gasteiger partial charge in [-0.25, -0.2) is 0 Å². The number of likely N-dealkylation sites (tertiary alicyclic amines) is 1. The van der Waals surface area contributed by atoms with Gasteiger partial charge in [-0.05, 0) is 44.0 Å². The Balaban J connectivity index is 1.40. The van der Waals surface area contributed by atoms with Crippen LogP contribution in [0.1, 0.15) is 65.7 Å². The molecule has 7 heteroatoms. The fraction of sp³-hybridized carbons (Fsp3) is 0.385. The number of hydrogen-bond acceptors (Lipinski definition) is 5. The number of aryl methyl sites for hydroxylation is 1. The van der Waals surface area contributed by atoms with Crippen LogP contribution in [0.25, 0.3) is 11.5 Å². The van der Waals surface area contributed by atoms with Crippen molar-refractivity contribution in [1.82, 2.24) is 20.4 Å². The lowest BCUT2D eigenvalue weighted by atomic mass is 9.96. The molecule has 0 bridgehead atoms. The Morgan fingerprint density at radius 1 is 1.03 bits per heavy atom. The summed E-state index contributed by atoms with van der Waals surface area (Å²) >= 11 is 0. The summed E-state index contributed by atoms with van der Waals surface area (Å²) in [6, 6.07) is 14.9. The third-order valence-corrected chi connectivity index (χ3v) is 5.91. The summed E-state index contributed by atoms with van der Waals surface area (Å²) in [7, 11) is 0. The number of carbonyl (C=O) groups excluding carboxylic acids is 2. The molecule has 1 aliphatic heterocycles. The van der Waals surface area contributed by atoms with Gasteiger partial charge < -0.3 is 14.7 Å². The predicted molar refractivity (Wildman–Crippen MR) is 126 cm³/mol. The maximum absolute atomic E-state index is 13.1. The highest BCUT2D eigenvalue weighted by Crippen LogP contribution is 2.26. The maximum atomic E-state index is 13.1. The number of nitrogens with one attached hydrogen (secondary N) is 1. The van der Waals surface area contributed by atoms with Gasteiger partial charge in [-0.1, -0.05) is 55.8 Å². The Labute approximate surface area is 194 Å². The SMILES string of the molecule is Cc1ccc(C(=O)N2CCC(NC(=O)c3ccccc3-c3nc(C(C)(C)C)no3)CC2)cc1. The van der Waals surface area contributed by atoms with Gasteiger partial charge >= 0.3 is 0 Å². The van der Waals surface area contributed by atoms with Crippen molar-refractivity contribution >= 4 is 11.8 Å². The van der Waals surface area contributed by atoms with Crippen molar-refractivity contribution in [2.24, 2.45) is 0 Å². The number of carbonyl (C=O) groups is 2. The third-order valence-electron chi connectivity index (χ3n) is 5.91. The average molecular weight is 447 g/mol. The minimum Gasteiger partial charge on any atom is -0.349 e. The highest BCUT2D eigenvalue weighted by atomic mass is 16.5. The van der Waals surface area contributed by atoms with Crippen molar-refractivity contribution in [3.8, 4) is 11.5 Å². The van der Waals surface area contributed by atoms with Crippen molar-refractivity contribution in [2.75, 3.05) is 13.1 Å².